The number of fused-ring (bicyclic) bond motifs is 1. The van der Waals surface area contributed by atoms with Gasteiger partial charge in [-0.3, -0.25) is 0 Å². The molecule has 0 aliphatic rings. The third-order valence-corrected chi connectivity index (χ3v) is 3.76. The van der Waals surface area contributed by atoms with E-state index in [2.05, 4.69) is 0 Å². The first-order valence-electron chi connectivity index (χ1n) is 6.97. The first-order chi connectivity index (χ1) is 12.9. The van der Waals surface area contributed by atoms with Gasteiger partial charge in [-0.25, -0.2) is 28.8 Å². The van der Waals surface area contributed by atoms with Crippen LogP contribution in [-0.2, 0) is 0 Å². The van der Waals surface area contributed by atoms with Crippen LogP contribution in [-0.4, -0.2) is 66.5 Å². The van der Waals surface area contributed by atoms with Crippen LogP contribution < -0.4 is 0 Å². The number of carbonyl (C=O) groups is 6. The molecule has 6 N–H and O–H groups in total. The van der Waals surface area contributed by atoms with Crippen LogP contribution in [0.5, 0.6) is 0 Å². The molecule has 12 heteroatoms. The third kappa shape index (κ3) is 2.94. The average Bonchev–Trinajstić information content (AvgIpc) is 2.57. The normalized spacial score (nSPS) is 10.4. The van der Waals surface area contributed by atoms with Crippen molar-refractivity contribution in [3.8, 4) is 0 Å². The molecule has 0 aliphatic carbocycles. The number of rotatable bonds is 6. The Kier molecular flexibility index (Phi) is 4.73. The van der Waals surface area contributed by atoms with Gasteiger partial charge in [0.25, 0.3) is 0 Å². The van der Waals surface area contributed by atoms with Gasteiger partial charge in [0, 0.05) is 5.39 Å². The molecule has 0 unspecified atom stereocenters. The van der Waals surface area contributed by atoms with Crippen LogP contribution in [0.15, 0.2) is 12.1 Å². The highest BCUT2D eigenvalue weighted by molar-refractivity contribution is 6.25. The van der Waals surface area contributed by atoms with E-state index in [1.165, 1.54) is 0 Å². The summed E-state index contributed by atoms with van der Waals surface area (Å²) in [6.45, 7) is 0. The molecule has 0 heterocycles. The van der Waals surface area contributed by atoms with Gasteiger partial charge in [0.15, 0.2) is 0 Å². The molecule has 0 spiro atoms. The van der Waals surface area contributed by atoms with E-state index < -0.39 is 80.0 Å². The van der Waals surface area contributed by atoms with Crippen LogP contribution in [0.3, 0.4) is 0 Å². The van der Waals surface area contributed by atoms with Gasteiger partial charge < -0.3 is 30.6 Å². The number of carboxylic acids is 6. The summed E-state index contributed by atoms with van der Waals surface area (Å²) < 4.78 is 0. The number of aromatic carboxylic acids is 6. The van der Waals surface area contributed by atoms with Gasteiger partial charge in [0.1, 0.15) is 0 Å². The summed E-state index contributed by atoms with van der Waals surface area (Å²) in [7, 11) is 0. The molecular formula is C16H8O12. The second kappa shape index (κ2) is 6.68. The van der Waals surface area contributed by atoms with Crippen LogP contribution in [0, 0.1) is 0 Å². The van der Waals surface area contributed by atoms with Crippen molar-refractivity contribution in [3.63, 3.8) is 0 Å². The van der Waals surface area contributed by atoms with E-state index in [1.807, 2.05) is 0 Å². The van der Waals surface area contributed by atoms with E-state index in [4.69, 9.17) is 0 Å². The lowest BCUT2D eigenvalue weighted by atomic mass is 9.86. The van der Waals surface area contributed by atoms with Crippen molar-refractivity contribution < 1.29 is 59.4 Å². The molecule has 2 aromatic rings. The van der Waals surface area contributed by atoms with Gasteiger partial charge in [-0.2, -0.15) is 0 Å². The summed E-state index contributed by atoms with van der Waals surface area (Å²) in [6.07, 6.45) is 0. The molecule has 12 nitrogen and oxygen atoms in total. The fourth-order valence-corrected chi connectivity index (χ4v) is 2.76. The van der Waals surface area contributed by atoms with Crippen molar-refractivity contribution in [3.05, 3.63) is 45.5 Å². The number of benzene rings is 2. The van der Waals surface area contributed by atoms with Crippen molar-refractivity contribution in [2.24, 2.45) is 0 Å². The van der Waals surface area contributed by atoms with Crippen LogP contribution in [0.1, 0.15) is 62.1 Å². The Morgan fingerprint density at radius 1 is 0.464 bits per heavy atom. The Morgan fingerprint density at radius 2 is 0.857 bits per heavy atom. The standard InChI is InChI=1S/C16H8O12/c17-11(18)4-2-6(13(21)22)8(14(23)24)7-3(4)1-5(12(19)20)9(15(25)26)10(7)16(27)28/h1-2H,(H,17,18)(H,19,20)(H,21,22)(H,23,24)(H,25,26)(H,27,28). The van der Waals surface area contributed by atoms with Gasteiger partial charge in [0.05, 0.1) is 33.4 Å². The maximum atomic E-state index is 11.7. The number of carboxylic acid groups (broad SMARTS) is 6. The van der Waals surface area contributed by atoms with Crippen molar-refractivity contribution in [2.75, 3.05) is 0 Å². The summed E-state index contributed by atoms with van der Waals surface area (Å²) in [5.41, 5.74) is -7.01. The zero-order chi connectivity index (χ0) is 21.5. The molecule has 0 saturated heterocycles. The third-order valence-electron chi connectivity index (χ3n) is 3.76. The second-order valence-electron chi connectivity index (χ2n) is 5.27. The summed E-state index contributed by atoms with van der Waals surface area (Å²) in [5.74, 6) is -11.8. The molecule has 0 atom stereocenters. The first kappa shape index (κ1) is 19.8. The Morgan fingerprint density at radius 3 is 1.21 bits per heavy atom. The monoisotopic (exact) mass is 392 g/mol. The Hall–Kier alpha value is -4.48. The first-order valence-corrected chi connectivity index (χ1v) is 6.97. The van der Waals surface area contributed by atoms with E-state index in [0.29, 0.717) is 12.1 Å². The largest absolute Gasteiger partial charge is 0.478 e. The van der Waals surface area contributed by atoms with Crippen molar-refractivity contribution in [1.82, 2.24) is 0 Å². The lowest BCUT2D eigenvalue weighted by Crippen LogP contribution is -2.19. The molecule has 2 aromatic carbocycles. The number of hydrogen-bond acceptors (Lipinski definition) is 6. The molecule has 28 heavy (non-hydrogen) atoms. The van der Waals surface area contributed by atoms with Crippen LogP contribution in [0.4, 0.5) is 0 Å². The highest BCUT2D eigenvalue weighted by atomic mass is 16.4. The van der Waals surface area contributed by atoms with Crippen molar-refractivity contribution in [1.29, 1.82) is 0 Å². The Balaban J connectivity index is 3.44. The molecule has 144 valence electrons. The summed E-state index contributed by atoms with van der Waals surface area (Å²) in [6, 6.07) is 0.906. The summed E-state index contributed by atoms with van der Waals surface area (Å²) in [4.78, 5) is 69.2. The van der Waals surface area contributed by atoms with Crippen molar-refractivity contribution in [2.45, 2.75) is 0 Å². The minimum absolute atomic E-state index is 0.425. The fraction of sp³-hybridized carbons (Fsp3) is 0. The highest BCUT2D eigenvalue weighted by Gasteiger charge is 2.33. The van der Waals surface area contributed by atoms with Gasteiger partial charge in [-0.1, -0.05) is 0 Å². The molecule has 0 radical (unpaired) electrons. The molecule has 0 amide bonds. The van der Waals surface area contributed by atoms with E-state index in [0.717, 1.165) is 0 Å². The minimum Gasteiger partial charge on any atom is -0.478 e. The molecule has 0 aliphatic heterocycles. The topological polar surface area (TPSA) is 224 Å². The minimum atomic E-state index is -2.09. The molecule has 2 rings (SSSR count). The maximum Gasteiger partial charge on any atom is 0.337 e. The van der Waals surface area contributed by atoms with E-state index in [9.17, 15) is 59.4 Å². The van der Waals surface area contributed by atoms with Crippen LogP contribution >= 0.6 is 0 Å². The van der Waals surface area contributed by atoms with Gasteiger partial charge in [-0.15, -0.1) is 0 Å². The molecule has 0 saturated carbocycles. The smallest absolute Gasteiger partial charge is 0.337 e. The number of hydrogen-bond donors (Lipinski definition) is 6. The predicted molar refractivity (Wildman–Crippen MR) is 85.7 cm³/mol. The second-order valence-corrected chi connectivity index (χ2v) is 5.27. The van der Waals surface area contributed by atoms with E-state index in [-0.39, 0.29) is 0 Å². The molecule has 0 fully saturated rings. The Labute approximate surface area is 152 Å². The zero-order valence-electron chi connectivity index (χ0n) is 13.3. The molecular weight excluding hydrogens is 384 g/mol. The van der Waals surface area contributed by atoms with Crippen LogP contribution in [0.2, 0.25) is 0 Å². The lowest BCUT2D eigenvalue weighted by Gasteiger charge is -2.16. The van der Waals surface area contributed by atoms with Crippen molar-refractivity contribution >= 4 is 46.6 Å². The maximum absolute atomic E-state index is 11.7. The quantitative estimate of drug-likeness (QED) is 0.405. The fourth-order valence-electron chi connectivity index (χ4n) is 2.76. The van der Waals surface area contributed by atoms with Crippen LogP contribution in [0.25, 0.3) is 10.8 Å². The lowest BCUT2D eigenvalue weighted by molar-refractivity contribution is 0.0632. The van der Waals surface area contributed by atoms with E-state index >= 15 is 0 Å². The van der Waals surface area contributed by atoms with Gasteiger partial charge in [0.2, 0.25) is 0 Å². The highest BCUT2D eigenvalue weighted by Crippen LogP contribution is 2.34. The summed E-state index contributed by atoms with van der Waals surface area (Å²) >= 11 is 0. The average molecular weight is 392 g/mol. The summed E-state index contributed by atoms with van der Waals surface area (Å²) in [5, 5.41) is 54.1. The zero-order valence-corrected chi connectivity index (χ0v) is 13.3. The van der Waals surface area contributed by atoms with Gasteiger partial charge >= 0.3 is 35.8 Å². The molecule has 0 bridgehead atoms. The Bertz CT molecular complexity index is 1110. The SMILES string of the molecule is O=C(O)c1cc2c(C(=O)O)cc(C(=O)O)c(C(=O)O)c2c(C(=O)O)c1C(=O)O. The van der Waals surface area contributed by atoms with E-state index in [1.54, 1.807) is 0 Å². The predicted octanol–water partition coefficient (Wildman–Crippen LogP) is 1.03. The molecule has 0 aromatic heterocycles. The van der Waals surface area contributed by atoms with Gasteiger partial charge in [-0.05, 0) is 17.5 Å².